The van der Waals surface area contributed by atoms with Gasteiger partial charge in [0.05, 0.1) is 5.69 Å². The second-order valence-electron chi connectivity index (χ2n) is 8.11. The third kappa shape index (κ3) is 3.60. The molecule has 1 aliphatic carbocycles. The number of halogens is 1. The summed E-state index contributed by atoms with van der Waals surface area (Å²) >= 11 is 7.66. The predicted octanol–water partition coefficient (Wildman–Crippen LogP) is 3.71. The molecule has 7 nitrogen and oxygen atoms in total. The Balaban J connectivity index is 1.52. The summed E-state index contributed by atoms with van der Waals surface area (Å²) in [4.78, 5) is 46.0. The molecule has 0 aromatic heterocycles. The molecule has 2 heterocycles. The summed E-state index contributed by atoms with van der Waals surface area (Å²) in [6.45, 7) is 4.10. The first-order valence-corrected chi connectivity index (χ1v) is 11.6. The molecule has 0 radical (unpaired) electrons. The summed E-state index contributed by atoms with van der Waals surface area (Å²) in [5, 5.41) is 4.08. The van der Waals surface area contributed by atoms with Gasteiger partial charge in [-0.2, -0.15) is 0 Å². The molecule has 1 aromatic rings. The van der Waals surface area contributed by atoms with Gasteiger partial charge in [-0.1, -0.05) is 49.2 Å². The van der Waals surface area contributed by atoms with Crippen molar-refractivity contribution in [2.75, 3.05) is 18.8 Å². The van der Waals surface area contributed by atoms with Gasteiger partial charge in [0.15, 0.2) is 5.17 Å². The fraction of sp³-hybridized carbons (Fsp3) is 0.524. The maximum absolute atomic E-state index is 13.1. The van der Waals surface area contributed by atoms with Crippen LogP contribution in [0.25, 0.3) is 0 Å². The summed E-state index contributed by atoms with van der Waals surface area (Å²) in [6.07, 6.45) is 3.48. The molecule has 1 saturated carbocycles. The maximum Gasteiger partial charge on any atom is 0.325 e. The molecule has 4 rings (SSSR count). The second kappa shape index (κ2) is 8.23. The predicted molar refractivity (Wildman–Crippen MR) is 118 cm³/mol. The van der Waals surface area contributed by atoms with Crippen molar-refractivity contribution < 1.29 is 14.4 Å². The van der Waals surface area contributed by atoms with E-state index in [1.807, 2.05) is 26.0 Å². The fourth-order valence-electron chi connectivity index (χ4n) is 4.41. The minimum atomic E-state index is -0.857. The van der Waals surface area contributed by atoms with Crippen LogP contribution in [0.4, 0.5) is 10.5 Å². The number of benzene rings is 1. The van der Waals surface area contributed by atoms with E-state index in [-0.39, 0.29) is 24.3 Å². The van der Waals surface area contributed by atoms with Crippen LogP contribution in [0.15, 0.2) is 23.2 Å². The monoisotopic (exact) mass is 448 g/mol. The fourth-order valence-corrected chi connectivity index (χ4v) is 5.54. The van der Waals surface area contributed by atoms with E-state index in [0.29, 0.717) is 34.6 Å². The van der Waals surface area contributed by atoms with Gasteiger partial charge in [-0.25, -0.2) is 9.79 Å². The van der Waals surface area contributed by atoms with Gasteiger partial charge in [0.2, 0.25) is 5.91 Å². The number of rotatable bonds is 3. The summed E-state index contributed by atoms with van der Waals surface area (Å²) in [6, 6.07) is 4.99. The Morgan fingerprint density at radius 1 is 1.37 bits per heavy atom. The van der Waals surface area contributed by atoms with Crippen molar-refractivity contribution in [1.29, 1.82) is 0 Å². The lowest BCUT2D eigenvalue weighted by Crippen LogP contribution is -2.54. The summed E-state index contributed by atoms with van der Waals surface area (Å²) in [5.74, 6) is 0.199. The Bertz CT molecular complexity index is 937. The number of thioether (sulfide) groups is 1. The van der Waals surface area contributed by atoms with Gasteiger partial charge < -0.3 is 5.32 Å². The lowest BCUT2D eigenvalue weighted by atomic mass is 9.73. The Labute approximate surface area is 185 Å². The normalized spacial score (nSPS) is 28.0. The molecule has 1 spiro atoms. The van der Waals surface area contributed by atoms with Crippen molar-refractivity contribution in [1.82, 2.24) is 15.1 Å². The number of hydrogen-bond acceptors (Lipinski definition) is 5. The molecular formula is C21H25ClN4O3S. The van der Waals surface area contributed by atoms with E-state index < -0.39 is 11.6 Å². The lowest BCUT2D eigenvalue weighted by molar-refractivity contribution is -0.138. The smallest absolute Gasteiger partial charge is 0.323 e. The molecule has 0 unspecified atom stereocenters. The number of urea groups is 1. The van der Waals surface area contributed by atoms with Gasteiger partial charge in [-0.3, -0.25) is 19.4 Å². The number of aliphatic imine (C=N–C) groups is 1. The summed E-state index contributed by atoms with van der Waals surface area (Å²) < 4.78 is 0. The highest BCUT2D eigenvalue weighted by Crippen LogP contribution is 2.38. The minimum Gasteiger partial charge on any atom is -0.323 e. The first-order valence-electron chi connectivity index (χ1n) is 10.2. The van der Waals surface area contributed by atoms with Crippen molar-refractivity contribution >= 4 is 52.1 Å². The van der Waals surface area contributed by atoms with Crippen molar-refractivity contribution in [3.05, 3.63) is 28.8 Å². The molecule has 2 atom stereocenters. The molecule has 3 fully saturated rings. The van der Waals surface area contributed by atoms with Crippen LogP contribution in [0, 0.1) is 12.8 Å². The highest BCUT2D eigenvalue weighted by molar-refractivity contribution is 8.14. The molecular weight excluding hydrogens is 424 g/mol. The Hall–Kier alpha value is -2.06. The van der Waals surface area contributed by atoms with E-state index in [4.69, 9.17) is 11.6 Å². The van der Waals surface area contributed by atoms with Crippen LogP contribution in [0.2, 0.25) is 5.02 Å². The molecule has 4 amide bonds. The van der Waals surface area contributed by atoms with Crippen LogP contribution < -0.4 is 5.32 Å². The van der Waals surface area contributed by atoms with Gasteiger partial charge in [0.1, 0.15) is 12.1 Å². The molecule has 2 aliphatic heterocycles. The minimum absolute atomic E-state index is 0.0630. The standard InChI is InChI=1S/C21H25ClN4O3S/c1-13-6-3-4-9-21(13)18(28)26(19(29)24-21)12-17(27)25-10-11-30-20(25)23-16-8-5-7-15(22)14(16)2/h5,7-8,13H,3-4,6,9-12H2,1-2H3,(H,24,29)/t13-,21+/m0/s1. The summed E-state index contributed by atoms with van der Waals surface area (Å²) in [5.41, 5.74) is 0.688. The first-order chi connectivity index (χ1) is 14.3. The van der Waals surface area contributed by atoms with Crippen LogP contribution in [0.3, 0.4) is 0 Å². The van der Waals surface area contributed by atoms with Crippen LogP contribution in [0.1, 0.15) is 38.2 Å². The average molecular weight is 449 g/mol. The SMILES string of the molecule is Cc1c(Cl)cccc1N=C1SCCN1C(=O)CN1C(=O)N[C@@]2(CCCC[C@@H]2C)C1=O. The third-order valence-electron chi connectivity index (χ3n) is 6.33. The van der Waals surface area contributed by atoms with Crippen LogP contribution in [0.5, 0.6) is 0 Å². The van der Waals surface area contributed by atoms with E-state index in [9.17, 15) is 14.4 Å². The topological polar surface area (TPSA) is 82.1 Å². The molecule has 9 heteroatoms. The molecule has 160 valence electrons. The number of amidine groups is 1. The number of imide groups is 1. The zero-order chi connectivity index (χ0) is 21.5. The molecule has 1 N–H and O–H groups in total. The van der Waals surface area contributed by atoms with Crippen LogP contribution in [-0.2, 0) is 9.59 Å². The number of carbonyl (C=O) groups is 3. The Morgan fingerprint density at radius 2 is 2.17 bits per heavy atom. The molecule has 0 bridgehead atoms. The van der Waals surface area contributed by atoms with Gasteiger partial charge in [0.25, 0.3) is 5.91 Å². The van der Waals surface area contributed by atoms with E-state index in [1.165, 1.54) is 11.8 Å². The van der Waals surface area contributed by atoms with Crippen LogP contribution >= 0.6 is 23.4 Å². The van der Waals surface area contributed by atoms with Crippen molar-refractivity contribution in [3.8, 4) is 0 Å². The van der Waals surface area contributed by atoms with Crippen molar-refractivity contribution in [3.63, 3.8) is 0 Å². The number of carbonyl (C=O) groups excluding carboxylic acids is 3. The Kier molecular flexibility index (Phi) is 5.81. The second-order valence-corrected chi connectivity index (χ2v) is 9.58. The average Bonchev–Trinajstić information content (AvgIpc) is 3.27. The molecule has 3 aliphatic rings. The van der Waals surface area contributed by atoms with Crippen molar-refractivity contribution in [2.24, 2.45) is 10.9 Å². The number of hydrogen-bond donors (Lipinski definition) is 1. The van der Waals surface area contributed by atoms with E-state index in [0.717, 1.165) is 29.7 Å². The highest BCUT2D eigenvalue weighted by atomic mass is 35.5. The van der Waals surface area contributed by atoms with E-state index in [1.54, 1.807) is 11.0 Å². The maximum atomic E-state index is 13.1. The zero-order valence-electron chi connectivity index (χ0n) is 17.1. The van der Waals surface area contributed by atoms with E-state index >= 15 is 0 Å². The van der Waals surface area contributed by atoms with E-state index in [2.05, 4.69) is 10.3 Å². The number of amides is 4. The molecule has 2 saturated heterocycles. The number of nitrogens with one attached hydrogen (secondary N) is 1. The number of nitrogens with zero attached hydrogens (tertiary/aromatic N) is 3. The highest BCUT2D eigenvalue weighted by Gasteiger charge is 2.55. The molecule has 1 aromatic carbocycles. The zero-order valence-corrected chi connectivity index (χ0v) is 18.7. The lowest BCUT2D eigenvalue weighted by Gasteiger charge is -2.36. The van der Waals surface area contributed by atoms with Gasteiger partial charge in [0, 0.05) is 17.3 Å². The largest absolute Gasteiger partial charge is 0.325 e. The molecule has 30 heavy (non-hydrogen) atoms. The van der Waals surface area contributed by atoms with Gasteiger partial charge in [-0.15, -0.1) is 0 Å². The first kappa shape index (κ1) is 21.2. The Morgan fingerprint density at radius 3 is 2.93 bits per heavy atom. The third-order valence-corrected chi connectivity index (χ3v) is 7.69. The summed E-state index contributed by atoms with van der Waals surface area (Å²) in [7, 11) is 0. The van der Waals surface area contributed by atoms with Crippen LogP contribution in [-0.4, -0.2) is 57.2 Å². The van der Waals surface area contributed by atoms with Gasteiger partial charge in [-0.05, 0) is 43.4 Å². The van der Waals surface area contributed by atoms with Crippen molar-refractivity contribution in [2.45, 2.75) is 45.1 Å². The van der Waals surface area contributed by atoms with Gasteiger partial charge >= 0.3 is 6.03 Å². The quantitative estimate of drug-likeness (QED) is 0.714.